The minimum atomic E-state index is -0.250. The molecular weight excluding hydrogens is 360 g/mol. The molecule has 0 aliphatic carbocycles. The number of hydrogen-bond donors (Lipinski definition) is 2. The molecule has 1 aromatic heterocycles. The van der Waals surface area contributed by atoms with Crippen molar-refractivity contribution in [1.82, 2.24) is 15.3 Å². The molecule has 0 unspecified atom stereocenters. The van der Waals surface area contributed by atoms with Gasteiger partial charge in [0, 0.05) is 23.3 Å². The molecule has 1 amide bonds. The third kappa shape index (κ3) is 5.28. The van der Waals surface area contributed by atoms with Crippen molar-refractivity contribution in [3.8, 4) is 0 Å². The van der Waals surface area contributed by atoms with Crippen LogP contribution in [0.2, 0.25) is 5.02 Å². The van der Waals surface area contributed by atoms with Gasteiger partial charge < -0.3 is 10.6 Å². The number of halogens is 1. The summed E-state index contributed by atoms with van der Waals surface area (Å²) >= 11 is 5.88. The SMILES string of the molecule is CCc1ccc(Nc2cc(C(=O)NCc3ccc(Cl)cc3)nc(C)n2)cc1. The number of amides is 1. The number of nitrogens with one attached hydrogen (secondary N) is 2. The van der Waals surface area contributed by atoms with Gasteiger partial charge in [-0.15, -0.1) is 0 Å². The van der Waals surface area contributed by atoms with E-state index in [4.69, 9.17) is 11.6 Å². The summed E-state index contributed by atoms with van der Waals surface area (Å²) in [6.07, 6.45) is 0.991. The van der Waals surface area contributed by atoms with Crippen LogP contribution in [0.3, 0.4) is 0 Å². The fourth-order valence-corrected chi connectivity index (χ4v) is 2.72. The van der Waals surface area contributed by atoms with Crippen molar-refractivity contribution in [1.29, 1.82) is 0 Å². The summed E-state index contributed by atoms with van der Waals surface area (Å²) in [5.41, 5.74) is 3.47. The predicted octanol–water partition coefficient (Wildman–Crippen LogP) is 4.67. The van der Waals surface area contributed by atoms with E-state index in [2.05, 4.69) is 39.7 Å². The van der Waals surface area contributed by atoms with Crippen LogP contribution in [0, 0.1) is 6.92 Å². The fourth-order valence-electron chi connectivity index (χ4n) is 2.59. The van der Waals surface area contributed by atoms with E-state index in [-0.39, 0.29) is 5.91 Å². The zero-order valence-corrected chi connectivity index (χ0v) is 16.0. The Hall–Kier alpha value is -2.92. The Morgan fingerprint density at radius 2 is 1.67 bits per heavy atom. The lowest BCUT2D eigenvalue weighted by atomic mass is 10.1. The van der Waals surface area contributed by atoms with Gasteiger partial charge in [0.1, 0.15) is 17.3 Å². The predicted molar refractivity (Wildman–Crippen MR) is 108 cm³/mol. The lowest BCUT2D eigenvalue weighted by Gasteiger charge is -2.10. The number of aryl methyl sites for hydroxylation is 2. The molecule has 0 saturated heterocycles. The molecule has 0 atom stereocenters. The molecular formula is C21H21ClN4O. The van der Waals surface area contributed by atoms with E-state index in [1.165, 1.54) is 5.56 Å². The molecule has 5 nitrogen and oxygen atoms in total. The fraction of sp³-hybridized carbons (Fsp3) is 0.190. The molecule has 138 valence electrons. The molecule has 0 aliphatic heterocycles. The van der Waals surface area contributed by atoms with Crippen molar-refractivity contribution in [2.45, 2.75) is 26.8 Å². The number of rotatable bonds is 6. The first kappa shape index (κ1) is 18.9. The zero-order chi connectivity index (χ0) is 19.2. The van der Waals surface area contributed by atoms with Crippen LogP contribution in [-0.2, 0) is 13.0 Å². The van der Waals surface area contributed by atoms with Gasteiger partial charge in [-0.2, -0.15) is 0 Å². The van der Waals surface area contributed by atoms with Gasteiger partial charge in [0.2, 0.25) is 0 Å². The highest BCUT2D eigenvalue weighted by Crippen LogP contribution is 2.17. The van der Waals surface area contributed by atoms with Gasteiger partial charge in [-0.25, -0.2) is 9.97 Å². The van der Waals surface area contributed by atoms with Gasteiger partial charge in [0.25, 0.3) is 5.91 Å². The first-order valence-corrected chi connectivity index (χ1v) is 9.15. The first-order valence-electron chi connectivity index (χ1n) is 8.78. The lowest BCUT2D eigenvalue weighted by Crippen LogP contribution is -2.24. The van der Waals surface area contributed by atoms with Crippen LogP contribution in [0.25, 0.3) is 0 Å². The topological polar surface area (TPSA) is 66.9 Å². The van der Waals surface area contributed by atoms with E-state index in [9.17, 15) is 4.79 Å². The number of nitrogens with zero attached hydrogens (tertiary/aromatic N) is 2. The third-order valence-electron chi connectivity index (χ3n) is 4.07. The van der Waals surface area contributed by atoms with Gasteiger partial charge in [0.15, 0.2) is 0 Å². The van der Waals surface area contributed by atoms with Crippen molar-refractivity contribution in [2.75, 3.05) is 5.32 Å². The van der Waals surface area contributed by atoms with Crippen LogP contribution >= 0.6 is 11.6 Å². The van der Waals surface area contributed by atoms with E-state index >= 15 is 0 Å². The number of benzene rings is 2. The van der Waals surface area contributed by atoms with Gasteiger partial charge in [-0.1, -0.05) is 42.8 Å². The quantitative estimate of drug-likeness (QED) is 0.651. The summed E-state index contributed by atoms with van der Waals surface area (Å²) in [6, 6.07) is 17.1. The average molecular weight is 381 g/mol. The van der Waals surface area contributed by atoms with Crippen molar-refractivity contribution in [3.63, 3.8) is 0 Å². The Morgan fingerprint density at radius 1 is 1.00 bits per heavy atom. The summed E-state index contributed by atoms with van der Waals surface area (Å²) in [6.45, 7) is 4.28. The van der Waals surface area contributed by atoms with Crippen LogP contribution in [0.1, 0.15) is 34.4 Å². The van der Waals surface area contributed by atoms with Gasteiger partial charge in [-0.05, 0) is 48.7 Å². The van der Waals surface area contributed by atoms with Gasteiger partial charge in [0.05, 0.1) is 0 Å². The van der Waals surface area contributed by atoms with E-state index in [0.29, 0.717) is 28.9 Å². The number of aromatic nitrogens is 2. The molecule has 0 saturated carbocycles. The largest absolute Gasteiger partial charge is 0.347 e. The van der Waals surface area contributed by atoms with Gasteiger partial charge >= 0.3 is 0 Å². The van der Waals surface area contributed by atoms with E-state index in [0.717, 1.165) is 17.7 Å². The molecule has 27 heavy (non-hydrogen) atoms. The summed E-state index contributed by atoms with van der Waals surface area (Å²) in [5.74, 6) is 0.866. The summed E-state index contributed by atoms with van der Waals surface area (Å²) in [7, 11) is 0. The Bertz CT molecular complexity index is 924. The van der Waals surface area contributed by atoms with Crippen molar-refractivity contribution < 1.29 is 4.79 Å². The Balaban J connectivity index is 1.69. The smallest absolute Gasteiger partial charge is 0.270 e. The van der Waals surface area contributed by atoms with Crippen LogP contribution in [-0.4, -0.2) is 15.9 Å². The zero-order valence-electron chi connectivity index (χ0n) is 15.3. The molecule has 3 aromatic rings. The van der Waals surface area contributed by atoms with E-state index in [1.54, 1.807) is 25.1 Å². The second-order valence-electron chi connectivity index (χ2n) is 6.17. The maximum absolute atomic E-state index is 12.5. The summed E-state index contributed by atoms with van der Waals surface area (Å²) < 4.78 is 0. The van der Waals surface area contributed by atoms with Crippen LogP contribution < -0.4 is 10.6 Å². The minimum Gasteiger partial charge on any atom is -0.347 e. The number of anilines is 2. The number of hydrogen-bond acceptors (Lipinski definition) is 4. The highest BCUT2D eigenvalue weighted by Gasteiger charge is 2.11. The summed E-state index contributed by atoms with van der Waals surface area (Å²) in [4.78, 5) is 21.1. The molecule has 0 bridgehead atoms. The van der Waals surface area contributed by atoms with Crippen molar-refractivity contribution >= 4 is 29.0 Å². The molecule has 3 rings (SSSR count). The van der Waals surface area contributed by atoms with Crippen LogP contribution in [0.5, 0.6) is 0 Å². The van der Waals surface area contributed by atoms with Gasteiger partial charge in [-0.3, -0.25) is 4.79 Å². The maximum atomic E-state index is 12.5. The summed E-state index contributed by atoms with van der Waals surface area (Å²) in [5, 5.41) is 6.76. The molecule has 2 N–H and O–H groups in total. The van der Waals surface area contributed by atoms with E-state index in [1.807, 2.05) is 24.3 Å². The number of carbonyl (C=O) groups excluding carboxylic acids is 1. The van der Waals surface area contributed by atoms with Crippen LogP contribution in [0.15, 0.2) is 54.6 Å². The third-order valence-corrected chi connectivity index (χ3v) is 4.32. The molecule has 0 aliphatic rings. The molecule has 0 spiro atoms. The lowest BCUT2D eigenvalue weighted by molar-refractivity contribution is 0.0945. The van der Waals surface area contributed by atoms with E-state index < -0.39 is 0 Å². The van der Waals surface area contributed by atoms with Crippen LogP contribution in [0.4, 0.5) is 11.5 Å². The van der Waals surface area contributed by atoms with Crippen molar-refractivity contribution in [2.24, 2.45) is 0 Å². The number of carbonyl (C=O) groups is 1. The first-order chi connectivity index (χ1) is 13.0. The standard InChI is InChI=1S/C21H21ClN4O/c1-3-15-6-10-18(11-7-15)26-20-12-19(24-14(2)25-20)21(27)23-13-16-4-8-17(22)9-5-16/h4-12H,3,13H2,1-2H3,(H,23,27)(H,24,25,26). The maximum Gasteiger partial charge on any atom is 0.270 e. The monoisotopic (exact) mass is 380 g/mol. The Labute approximate surface area is 163 Å². The molecule has 0 radical (unpaired) electrons. The highest BCUT2D eigenvalue weighted by molar-refractivity contribution is 6.30. The Kier molecular flexibility index (Phi) is 6.04. The molecule has 2 aromatic carbocycles. The minimum absolute atomic E-state index is 0.250. The Morgan fingerprint density at radius 3 is 2.33 bits per heavy atom. The second-order valence-corrected chi connectivity index (χ2v) is 6.61. The average Bonchev–Trinajstić information content (AvgIpc) is 2.67. The molecule has 0 fully saturated rings. The molecule has 6 heteroatoms. The second kappa shape index (κ2) is 8.64. The van der Waals surface area contributed by atoms with Crippen molar-refractivity contribution in [3.05, 3.63) is 82.3 Å². The normalized spacial score (nSPS) is 10.5. The highest BCUT2D eigenvalue weighted by atomic mass is 35.5. The molecule has 1 heterocycles.